The fourth-order valence-electron chi connectivity index (χ4n) is 3.69. The predicted molar refractivity (Wildman–Crippen MR) is 121 cm³/mol. The van der Waals surface area contributed by atoms with E-state index in [1.54, 1.807) is 0 Å². The first-order valence-corrected chi connectivity index (χ1v) is 12.1. The van der Waals surface area contributed by atoms with Crippen molar-refractivity contribution in [3.05, 3.63) is 65.4 Å². The molecule has 0 atom stereocenters. The number of nitrogens with two attached hydrogens (primary N) is 1. The third kappa shape index (κ3) is 5.55. The maximum absolute atomic E-state index is 12.6. The van der Waals surface area contributed by atoms with Gasteiger partial charge in [-0.25, -0.2) is 13.6 Å². The Morgan fingerprint density at radius 1 is 1.12 bits per heavy atom. The normalized spacial score (nSPS) is 15.6. The lowest BCUT2D eigenvalue weighted by Crippen LogP contribution is -2.37. The highest BCUT2D eigenvalue weighted by molar-refractivity contribution is 7.89. The van der Waals surface area contributed by atoms with Gasteiger partial charge < -0.3 is 9.84 Å². The summed E-state index contributed by atoms with van der Waals surface area (Å²) in [5.41, 5.74) is 2.25. The van der Waals surface area contributed by atoms with Gasteiger partial charge in [0.15, 0.2) is 5.76 Å². The van der Waals surface area contributed by atoms with Gasteiger partial charge in [0, 0.05) is 28.3 Å². The van der Waals surface area contributed by atoms with E-state index in [2.05, 4.69) is 15.4 Å². The molecule has 1 amide bonds. The van der Waals surface area contributed by atoms with Crippen LogP contribution in [0.1, 0.15) is 18.6 Å². The Morgan fingerprint density at radius 2 is 1.78 bits per heavy atom. The summed E-state index contributed by atoms with van der Waals surface area (Å²) in [7, 11) is -3.75. The number of amides is 1. The van der Waals surface area contributed by atoms with Gasteiger partial charge in [0.1, 0.15) is 5.69 Å². The van der Waals surface area contributed by atoms with Crippen molar-refractivity contribution in [1.82, 2.24) is 10.1 Å². The second-order valence-corrected chi connectivity index (χ2v) is 9.79. The lowest BCUT2D eigenvalue weighted by molar-refractivity contribution is -0.121. The fraction of sp³-hybridized carbons (Fsp3) is 0.273. The highest BCUT2D eigenvalue weighted by Crippen LogP contribution is 2.24. The van der Waals surface area contributed by atoms with Crippen molar-refractivity contribution in [2.24, 2.45) is 11.1 Å². The molecule has 0 saturated carbocycles. The van der Waals surface area contributed by atoms with Crippen LogP contribution in [0.5, 0.6) is 0 Å². The van der Waals surface area contributed by atoms with Crippen molar-refractivity contribution >= 4 is 33.2 Å². The fourth-order valence-corrected chi connectivity index (χ4v) is 4.33. The molecule has 4 rings (SSSR count). The van der Waals surface area contributed by atoms with Crippen LogP contribution >= 0.6 is 11.6 Å². The lowest BCUT2D eigenvalue weighted by atomic mass is 9.95. The second kappa shape index (κ2) is 9.41. The molecule has 32 heavy (non-hydrogen) atoms. The van der Waals surface area contributed by atoms with Crippen molar-refractivity contribution < 1.29 is 17.7 Å². The highest BCUT2D eigenvalue weighted by atomic mass is 35.5. The van der Waals surface area contributed by atoms with Crippen LogP contribution in [0.2, 0.25) is 5.02 Å². The van der Waals surface area contributed by atoms with E-state index in [9.17, 15) is 13.2 Å². The van der Waals surface area contributed by atoms with Gasteiger partial charge in [0.2, 0.25) is 15.9 Å². The molecule has 2 aromatic carbocycles. The molecule has 0 radical (unpaired) electrons. The Kier molecular flexibility index (Phi) is 6.61. The number of piperidine rings is 1. The van der Waals surface area contributed by atoms with Gasteiger partial charge >= 0.3 is 0 Å². The first-order valence-electron chi connectivity index (χ1n) is 10.2. The van der Waals surface area contributed by atoms with Crippen LogP contribution in [0.3, 0.4) is 0 Å². The number of likely N-dealkylation sites (tertiary alicyclic amines) is 1. The molecule has 0 unspecified atom stereocenters. The van der Waals surface area contributed by atoms with Gasteiger partial charge in [-0.05, 0) is 62.3 Å². The molecule has 1 aromatic heterocycles. The average molecular weight is 475 g/mol. The number of carbonyl (C=O) groups excluding carboxylic acids is 1. The molecule has 3 aromatic rings. The Morgan fingerprint density at radius 3 is 2.41 bits per heavy atom. The minimum atomic E-state index is -3.75. The third-order valence-corrected chi connectivity index (χ3v) is 6.67. The summed E-state index contributed by atoms with van der Waals surface area (Å²) in [4.78, 5) is 14.8. The summed E-state index contributed by atoms with van der Waals surface area (Å²) in [6.45, 7) is 2.16. The molecule has 3 N–H and O–H groups in total. The maximum Gasteiger partial charge on any atom is 0.238 e. The molecule has 0 spiro atoms. The molecule has 1 aliphatic rings. The second-order valence-electron chi connectivity index (χ2n) is 7.79. The number of hydrogen-bond donors (Lipinski definition) is 2. The zero-order chi connectivity index (χ0) is 22.7. The maximum atomic E-state index is 12.6. The van der Waals surface area contributed by atoms with Crippen LogP contribution in [0.15, 0.2) is 64.0 Å². The van der Waals surface area contributed by atoms with E-state index in [4.69, 9.17) is 21.3 Å². The molecule has 168 valence electrons. The molecule has 1 fully saturated rings. The van der Waals surface area contributed by atoms with E-state index in [0.29, 0.717) is 17.3 Å². The number of halogens is 1. The zero-order valence-electron chi connectivity index (χ0n) is 17.2. The monoisotopic (exact) mass is 474 g/mol. The quantitative estimate of drug-likeness (QED) is 0.564. The largest absolute Gasteiger partial charge is 0.359 e. The molecule has 1 aliphatic heterocycles. The number of benzene rings is 2. The highest BCUT2D eigenvalue weighted by Gasteiger charge is 2.26. The van der Waals surface area contributed by atoms with Crippen molar-refractivity contribution in [2.45, 2.75) is 24.3 Å². The van der Waals surface area contributed by atoms with E-state index in [0.717, 1.165) is 42.9 Å². The Labute approximate surface area is 191 Å². The van der Waals surface area contributed by atoms with Gasteiger partial charge in [-0.1, -0.05) is 28.9 Å². The number of primary sulfonamides is 1. The number of sulfonamides is 1. The molecule has 0 bridgehead atoms. The summed E-state index contributed by atoms with van der Waals surface area (Å²) in [5, 5.41) is 12.8. The number of hydrogen-bond acceptors (Lipinski definition) is 6. The molecule has 0 aliphatic carbocycles. The van der Waals surface area contributed by atoms with Gasteiger partial charge in [-0.3, -0.25) is 9.69 Å². The summed E-state index contributed by atoms with van der Waals surface area (Å²) in [6.07, 6.45) is 1.44. The van der Waals surface area contributed by atoms with Crippen molar-refractivity contribution in [3.8, 4) is 11.3 Å². The van der Waals surface area contributed by atoms with Crippen LogP contribution in [0.4, 0.5) is 5.69 Å². The molecule has 1 saturated heterocycles. The zero-order valence-corrected chi connectivity index (χ0v) is 18.8. The Hall–Kier alpha value is -2.72. The molecular formula is C22H23ClN4O4S. The lowest BCUT2D eigenvalue weighted by Gasteiger charge is -2.30. The van der Waals surface area contributed by atoms with Gasteiger partial charge in [-0.2, -0.15) is 0 Å². The molecule has 8 nitrogen and oxygen atoms in total. The van der Waals surface area contributed by atoms with E-state index in [1.807, 2.05) is 30.3 Å². The van der Waals surface area contributed by atoms with E-state index < -0.39 is 10.0 Å². The van der Waals surface area contributed by atoms with Gasteiger partial charge in [0.25, 0.3) is 0 Å². The number of carbonyl (C=O) groups is 1. The van der Waals surface area contributed by atoms with Crippen molar-refractivity contribution in [1.29, 1.82) is 0 Å². The first kappa shape index (κ1) is 22.5. The van der Waals surface area contributed by atoms with Crippen LogP contribution in [0, 0.1) is 5.92 Å². The molecular weight excluding hydrogens is 452 g/mol. The SMILES string of the molecule is NS(=O)(=O)c1ccc(NC(=O)C2CCN(Cc3cc(-c4ccc(Cl)cc4)no3)CC2)cc1. The van der Waals surface area contributed by atoms with Crippen molar-refractivity contribution in [2.75, 3.05) is 18.4 Å². The third-order valence-electron chi connectivity index (χ3n) is 5.49. The number of aromatic nitrogens is 1. The summed E-state index contributed by atoms with van der Waals surface area (Å²) < 4.78 is 28.1. The number of nitrogens with one attached hydrogen (secondary N) is 1. The minimum Gasteiger partial charge on any atom is -0.359 e. The predicted octanol–water partition coefficient (Wildman–Crippen LogP) is 3.49. The minimum absolute atomic E-state index is 0.00967. The summed E-state index contributed by atoms with van der Waals surface area (Å²) >= 11 is 5.93. The van der Waals surface area contributed by atoms with Crippen LogP contribution < -0.4 is 10.5 Å². The van der Waals surface area contributed by atoms with Crippen LogP contribution in [0.25, 0.3) is 11.3 Å². The van der Waals surface area contributed by atoms with Gasteiger partial charge in [-0.15, -0.1) is 0 Å². The summed E-state index contributed by atoms with van der Waals surface area (Å²) in [6, 6.07) is 15.2. The van der Waals surface area contributed by atoms with Crippen molar-refractivity contribution in [3.63, 3.8) is 0 Å². The smallest absolute Gasteiger partial charge is 0.238 e. The van der Waals surface area contributed by atoms with Gasteiger partial charge in [0.05, 0.1) is 11.4 Å². The van der Waals surface area contributed by atoms with Crippen LogP contribution in [-0.2, 0) is 21.4 Å². The topological polar surface area (TPSA) is 119 Å². The molecule has 10 heteroatoms. The number of nitrogens with zero attached hydrogens (tertiary/aromatic N) is 2. The van der Waals surface area contributed by atoms with E-state index in [-0.39, 0.29) is 16.7 Å². The molecule has 2 heterocycles. The average Bonchev–Trinajstić information content (AvgIpc) is 3.23. The van der Waals surface area contributed by atoms with E-state index in [1.165, 1.54) is 24.3 Å². The summed E-state index contributed by atoms with van der Waals surface area (Å²) in [5.74, 6) is 0.592. The Balaban J connectivity index is 1.28. The standard InChI is InChI=1S/C22H23ClN4O4S/c23-17-3-1-15(2-4-17)21-13-19(31-26-21)14-27-11-9-16(10-12-27)22(28)25-18-5-7-20(8-6-18)32(24,29)30/h1-8,13,16H,9-12,14H2,(H,25,28)(H2,24,29,30). The number of anilines is 1. The first-order chi connectivity index (χ1) is 15.3. The Bertz CT molecular complexity index is 1190. The van der Waals surface area contributed by atoms with E-state index >= 15 is 0 Å². The van der Waals surface area contributed by atoms with Crippen LogP contribution in [-0.4, -0.2) is 37.5 Å². The number of rotatable bonds is 6.